The number of nitrogens with zero attached hydrogens (tertiary/aromatic N) is 6. The van der Waals surface area contributed by atoms with Gasteiger partial charge < -0.3 is 54.0 Å². The average molecular weight is 661 g/mol. The van der Waals surface area contributed by atoms with Crippen LogP contribution in [0.25, 0.3) is 0 Å². The minimum atomic E-state index is -1.46. The molecule has 2 rings (SSSR count). The van der Waals surface area contributed by atoms with E-state index in [1.165, 1.54) is 0 Å². The largest absolute Gasteiger partial charge is 2.00 e. The minimum Gasteiger partial charge on any atom is -0.863 e. The smallest absolute Gasteiger partial charge is 0.863 e. The monoisotopic (exact) mass is 661 g/mol. The van der Waals surface area contributed by atoms with Crippen molar-refractivity contribution in [3.8, 4) is 11.5 Å². The summed E-state index contributed by atoms with van der Waals surface area (Å²) >= 11 is 0. The summed E-state index contributed by atoms with van der Waals surface area (Å²) < 4.78 is 0. The maximum absolute atomic E-state index is 11.1. The molecule has 0 fully saturated rings. The van der Waals surface area contributed by atoms with Crippen LogP contribution in [0.3, 0.4) is 0 Å². The summed E-state index contributed by atoms with van der Waals surface area (Å²) in [5.41, 5.74) is -6.53. The van der Waals surface area contributed by atoms with Crippen molar-refractivity contribution < 1.29 is 101 Å². The first-order chi connectivity index (χ1) is 14.7. The zero-order chi connectivity index (χ0) is 24.9. The molecule has 29 heteroatoms. The molecule has 0 spiro atoms. The van der Waals surface area contributed by atoms with Gasteiger partial charge in [-0.1, -0.05) is 0 Å². The Hall–Kier alpha value is -5.36. The van der Waals surface area contributed by atoms with Gasteiger partial charge in [0.2, 0.25) is 0 Å². The molecule has 0 unspecified atom stereocenters. The summed E-state index contributed by atoms with van der Waals surface area (Å²) in [6.45, 7) is 0. The van der Waals surface area contributed by atoms with Gasteiger partial charge in [0.1, 0.15) is 0 Å². The van der Waals surface area contributed by atoms with Gasteiger partial charge in [0.25, 0.3) is 34.1 Å². The van der Waals surface area contributed by atoms with Gasteiger partial charge in [0, 0.05) is 0 Å². The number of hydrogen-bond acceptors (Lipinski definition) is 14. The normalized spacial score (nSPS) is 7.61. The average Bonchev–Trinajstić information content (AvgIpc) is 2.67. The molecule has 28 nitrogen and oxygen atoms in total. The number of nitro benzene ring substituents is 6. The predicted octanol–water partition coefficient (Wildman–Crippen LogP) is -6.21. The van der Waals surface area contributed by atoms with Gasteiger partial charge in [-0.15, -0.1) is 0 Å². The van der Waals surface area contributed by atoms with Crippen molar-refractivity contribution >= 4 is 34.1 Å². The van der Waals surface area contributed by atoms with Crippen molar-refractivity contribution in [3.05, 3.63) is 85.0 Å². The Labute approximate surface area is 231 Å². The molecular weight excluding hydrogens is 635 g/mol. The number of benzene rings is 2. The summed E-state index contributed by atoms with van der Waals surface area (Å²) in [6, 6.07) is 1.54. The molecule has 0 aromatic heterocycles. The fourth-order valence-corrected chi connectivity index (χ4v) is 1.92. The molecule has 0 aliphatic rings. The first-order valence-electron chi connectivity index (χ1n) is 7.25. The number of rotatable bonds is 6. The fraction of sp³-hybridized carbons (Fsp3) is 0. The predicted molar refractivity (Wildman–Crippen MR) is 128 cm³/mol. The molecule has 0 saturated carbocycles. The van der Waals surface area contributed by atoms with Crippen LogP contribution in [0.2, 0.25) is 0 Å². The zero-order valence-corrected chi connectivity index (χ0v) is 20.7. The Balaban J connectivity index is -0.0000000585. The summed E-state index contributed by atoms with van der Waals surface area (Å²) in [5.74, 6) is -2.92. The van der Waals surface area contributed by atoms with Gasteiger partial charge in [-0.2, -0.15) is 0 Å². The Morgan fingerprint density at radius 1 is 0.390 bits per heavy atom. The van der Waals surface area contributed by atoms with Crippen LogP contribution >= 0.6 is 0 Å². The second-order valence-corrected chi connectivity index (χ2v) is 5.17. The Kier molecular flexibility index (Phi) is 34.9. The fourth-order valence-electron chi connectivity index (χ4n) is 1.92. The standard InChI is InChI=1S/2C6H3N3O7.Mn.8H2O/c2*10-6-4(8(13)14)1-3(7(11)12)2-5(6)9(15)16;;;;;;;;;/h2*1-2,10H;;8*1H2/q;;+2;;;;;;;;/p+4. The summed E-state index contributed by atoms with van der Waals surface area (Å²) in [6.07, 6.45) is 0. The van der Waals surface area contributed by atoms with E-state index in [0.717, 1.165) is 0 Å². The van der Waals surface area contributed by atoms with Crippen molar-refractivity contribution in [1.29, 1.82) is 0 Å². The third-order valence-corrected chi connectivity index (χ3v) is 3.28. The molecule has 22 N–H and O–H groups in total. The van der Waals surface area contributed by atoms with Crippen LogP contribution in [0.5, 0.6) is 11.5 Å². The Morgan fingerprint density at radius 3 is 0.634 bits per heavy atom. The van der Waals surface area contributed by atoms with Gasteiger partial charge in [0.05, 0.1) is 65.3 Å². The number of hydrogen-bond donors (Lipinski definition) is 0. The third kappa shape index (κ3) is 14.4. The van der Waals surface area contributed by atoms with E-state index in [1.54, 1.807) is 0 Å². The van der Waals surface area contributed by atoms with Crippen LogP contribution in [-0.2, 0) is 49.9 Å². The molecule has 2 aromatic rings. The molecule has 0 atom stereocenters. The van der Waals surface area contributed by atoms with Crippen LogP contribution in [0, 0.1) is 60.7 Å². The van der Waals surface area contributed by atoms with Crippen molar-refractivity contribution in [3.63, 3.8) is 0 Å². The molecule has 2 aromatic carbocycles. The molecule has 0 aliphatic heterocycles. The Morgan fingerprint density at radius 2 is 0.537 bits per heavy atom. The van der Waals surface area contributed by atoms with Gasteiger partial charge in [-0.25, -0.2) is 0 Å². The van der Waals surface area contributed by atoms with E-state index in [-0.39, 0.29) is 60.9 Å². The molecule has 1 radical (unpaired) electrons. The molecule has 237 valence electrons. The van der Waals surface area contributed by atoms with E-state index in [1.807, 2.05) is 0 Å². The zero-order valence-electron chi connectivity index (χ0n) is 19.6. The van der Waals surface area contributed by atoms with Crippen molar-refractivity contribution in [2.75, 3.05) is 0 Å². The third-order valence-electron chi connectivity index (χ3n) is 3.28. The van der Waals surface area contributed by atoms with E-state index in [0.29, 0.717) is 24.3 Å². The first-order valence-corrected chi connectivity index (χ1v) is 7.25. The summed E-state index contributed by atoms with van der Waals surface area (Å²) in [4.78, 5) is 55.0. The molecule has 41 heavy (non-hydrogen) atoms. The van der Waals surface area contributed by atoms with E-state index < -0.39 is 75.2 Å². The maximum atomic E-state index is 11.1. The summed E-state index contributed by atoms with van der Waals surface area (Å²) in [7, 11) is 0. The molecule has 0 amide bonds. The van der Waals surface area contributed by atoms with Crippen molar-refractivity contribution in [1.82, 2.24) is 0 Å². The van der Waals surface area contributed by atoms with E-state index in [9.17, 15) is 70.9 Å². The minimum absolute atomic E-state index is 0. The van der Waals surface area contributed by atoms with E-state index in [2.05, 4.69) is 0 Å². The number of non-ortho nitro benzene ring substituents is 2. The van der Waals surface area contributed by atoms with Crippen molar-refractivity contribution in [2.45, 2.75) is 0 Å². The summed E-state index contributed by atoms with van der Waals surface area (Å²) in [5, 5.41) is 84.2. The van der Waals surface area contributed by atoms with Gasteiger partial charge in [-0.05, 0) is 0 Å². The van der Waals surface area contributed by atoms with Gasteiger partial charge >= 0.3 is 17.1 Å². The topological polar surface area (TPSA) is 566 Å². The molecular formula is C12H26MnN6O22+6. The van der Waals surface area contributed by atoms with E-state index >= 15 is 0 Å². The van der Waals surface area contributed by atoms with Gasteiger partial charge in [0.15, 0.2) is 0 Å². The van der Waals surface area contributed by atoms with Crippen LogP contribution < -0.4 is 10.2 Å². The quantitative estimate of drug-likeness (QED) is 0.120. The molecule has 0 bridgehead atoms. The Bertz CT molecular complexity index is 1030. The molecule has 0 aliphatic carbocycles. The molecule has 0 heterocycles. The van der Waals surface area contributed by atoms with Gasteiger partial charge in [-0.3, -0.25) is 60.7 Å². The second kappa shape index (κ2) is 23.7. The van der Waals surface area contributed by atoms with E-state index in [4.69, 9.17) is 0 Å². The SMILES string of the molecule is O.O.O=[N+]([O-])c1cc([N+](=O)[O-])c([O-])c([N+](=O)[O-])c1.O=[N+]([O-])c1cc([N+](=O)[O-])c([O-])c([N+](=O)[O-])c1.[Mn+2].[OH3+].[OH3+].[OH3+].[OH3+].[OH3+].[OH3+]. The van der Waals surface area contributed by atoms with Crippen molar-refractivity contribution in [2.24, 2.45) is 0 Å². The van der Waals surface area contributed by atoms with Crippen LogP contribution in [0.4, 0.5) is 34.1 Å². The van der Waals surface area contributed by atoms with Crippen LogP contribution in [-0.4, -0.2) is 40.5 Å². The van der Waals surface area contributed by atoms with Crippen LogP contribution in [0.1, 0.15) is 0 Å². The second-order valence-electron chi connectivity index (χ2n) is 5.17. The first kappa shape index (κ1) is 60.3. The molecule has 0 saturated heterocycles. The number of nitro groups is 6. The maximum Gasteiger partial charge on any atom is 2.00 e. The van der Waals surface area contributed by atoms with Crippen LogP contribution in [0.15, 0.2) is 24.3 Å².